The van der Waals surface area contributed by atoms with Gasteiger partial charge in [-0.05, 0) is 12.8 Å². The second-order valence-corrected chi connectivity index (χ2v) is 3.05. The summed E-state index contributed by atoms with van der Waals surface area (Å²) in [6, 6.07) is 0. The van der Waals surface area contributed by atoms with E-state index in [1.54, 1.807) is 0 Å². The van der Waals surface area contributed by atoms with Gasteiger partial charge in [0.1, 0.15) is 0 Å². The van der Waals surface area contributed by atoms with E-state index in [9.17, 15) is 0 Å². The van der Waals surface area contributed by atoms with Crippen LogP contribution in [0.25, 0.3) is 0 Å². The summed E-state index contributed by atoms with van der Waals surface area (Å²) < 4.78 is 5.51. The summed E-state index contributed by atoms with van der Waals surface area (Å²) in [5, 5.41) is 10.3. The summed E-state index contributed by atoms with van der Waals surface area (Å²) >= 11 is 0. The molecule has 1 aliphatic heterocycles. The SMILES string of the molecule is CCCCO[C@@H]1CCN(O)C1. The number of hydroxylamine groups is 2. The van der Waals surface area contributed by atoms with Crippen molar-refractivity contribution in [1.29, 1.82) is 0 Å². The molecule has 1 saturated heterocycles. The van der Waals surface area contributed by atoms with Gasteiger partial charge in [-0.25, -0.2) is 0 Å². The van der Waals surface area contributed by atoms with E-state index in [0.717, 1.165) is 26.0 Å². The highest BCUT2D eigenvalue weighted by Gasteiger charge is 2.20. The van der Waals surface area contributed by atoms with E-state index < -0.39 is 0 Å². The number of unbranched alkanes of at least 4 members (excludes halogenated alkanes) is 1. The fraction of sp³-hybridized carbons (Fsp3) is 1.00. The molecule has 1 aliphatic rings. The van der Waals surface area contributed by atoms with Crippen molar-refractivity contribution in [2.75, 3.05) is 19.7 Å². The molecule has 0 bridgehead atoms. The summed E-state index contributed by atoms with van der Waals surface area (Å²) in [4.78, 5) is 0. The second kappa shape index (κ2) is 4.70. The number of rotatable bonds is 4. The van der Waals surface area contributed by atoms with Gasteiger partial charge in [0.25, 0.3) is 0 Å². The predicted octanol–water partition coefficient (Wildman–Crippen LogP) is 1.27. The van der Waals surface area contributed by atoms with Gasteiger partial charge in [0.05, 0.1) is 12.6 Å². The van der Waals surface area contributed by atoms with Gasteiger partial charge < -0.3 is 9.94 Å². The first-order chi connectivity index (χ1) is 5.33. The van der Waals surface area contributed by atoms with Crippen LogP contribution >= 0.6 is 0 Å². The molecule has 1 heterocycles. The van der Waals surface area contributed by atoms with Crippen LogP contribution < -0.4 is 0 Å². The Morgan fingerprint density at radius 1 is 1.64 bits per heavy atom. The van der Waals surface area contributed by atoms with E-state index >= 15 is 0 Å². The lowest BCUT2D eigenvalue weighted by Gasteiger charge is -2.10. The molecule has 0 spiro atoms. The van der Waals surface area contributed by atoms with Gasteiger partial charge >= 0.3 is 0 Å². The van der Waals surface area contributed by atoms with E-state index in [1.165, 1.54) is 11.5 Å². The molecule has 1 rings (SSSR count). The van der Waals surface area contributed by atoms with Gasteiger partial charge in [-0.15, -0.1) is 0 Å². The van der Waals surface area contributed by atoms with Crippen molar-refractivity contribution in [3.05, 3.63) is 0 Å². The average molecular weight is 159 g/mol. The van der Waals surface area contributed by atoms with Crippen molar-refractivity contribution in [2.24, 2.45) is 0 Å². The summed E-state index contributed by atoms with van der Waals surface area (Å²) in [6.07, 6.45) is 3.55. The van der Waals surface area contributed by atoms with Crippen LogP contribution in [0.4, 0.5) is 0 Å². The Hall–Kier alpha value is -0.120. The minimum Gasteiger partial charge on any atom is -0.377 e. The molecular formula is C8H17NO2. The number of nitrogens with zero attached hydrogens (tertiary/aromatic N) is 1. The summed E-state index contributed by atoms with van der Waals surface area (Å²) in [5.74, 6) is 0. The van der Waals surface area contributed by atoms with Crippen LogP contribution in [0.2, 0.25) is 0 Å². The zero-order chi connectivity index (χ0) is 8.10. The third-order valence-corrected chi connectivity index (χ3v) is 1.98. The van der Waals surface area contributed by atoms with Crippen molar-refractivity contribution in [1.82, 2.24) is 5.06 Å². The standard InChI is InChI=1S/C8H17NO2/c1-2-3-6-11-8-4-5-9(10)7-8/h8,10H,2-7H2,1H3/t8-/m1/s1. The first-order valence-corrected chi connectivity index (χ1v) is 4.38. The molecule has 0 aromatic rings. The van der Waals surface area contributed by atoms with E-state index in [0.29, 0.717) is 6.54 Å². The number of ether oxygens (including phenoxy) is 1. The third kappa shape index (κ3) is 3.18. The van der Waals surface area contributed by atoms with E-state index in [2.05, 4.69) is 6.92 Å². The quantitative estimate of drug-likeness (QED) is 0.627. The highest BCUT2D eigenvalue weighted by Crippen LogP contribution is 2.10. The van der Waals surface area contributed by atoms with Gasteiger partial charge in [0.2, 0.25) is 0 Å². The second-order valence-electron chi connectivity index (χ2n) is 3.05. The largest absolute Gasteiger partial charge is 0.377 e. The minimum atomic E-state index is 0.270. The molecule has 11 heavy (non-hydrogen) atoms. The molecule has 1 atom stereocenters. The van der Waals surface area contributed by atoms with Gasteiger partial charge in [-0.2, -0.15) is 5.06 Å². The maximum absolute atomic E-state index is 9.01. The Morgan fingerprint density at radius 3 is 3.00 bits per heavy atom. The van der Waals surface area contributed by atoms with Crippen LogP contribution in [0.5, 0.6) is 0 Å². The van der Waals surface area contributed by atoms with Crippen molar-refractivity contribution < 1.29 is 9.94 Å². The summed E-state index contributed by atoms with van der Waals surface area (Å²) in [6.45, 7) is 4.44. The number of hydrogen-bond acceptors (Lipinski definition) is 3. The van der Waals surface area contributed by atoms with Crippen molar-refractivity contribution in [3.8, 4) is 0 Å². The smallest absolute Gasteiger partial charge is 0.0738 e. The van der Waals surface area contributed by atoms with Crippen molar-refractivity contribution in [3.63, 3.8) is 0 Å². The van der Waals surface area contributed by atoms with Crippen molar-refractivity contribution in [2.45, 2.75) is 32.3 Å². The lowest BCUT2D eigenvalue weighted by molar-refractivity contribution is -0.0815. The maximum atomic E-state index is 9.01. The van der Waals surface area contributed by atoms with Crippen LogP contribution in [0.3, 0.4) is 0 Å². The molecule has 1 N–H and O–H groups in total. The zero-order valence-corrected chi connectivity index (χ0v) is 7.12. The normalized spacial score (nSPS) is 26.2. The Kier molecular flexibility index (Phi) is 3.83. The summed E-state index contributed by atoms with van der Waals surface area (Å²) in [7, 11) is 0. The lowest BCUT2D eigenvalue weighted by atomic mass is 10.3. The molecule has 0 amide bonds. The molecule has 0 saturated carbocycles. The number of hydrogen-bond donors (Lipinski definition) is 1. The third-order valence-electron chi connectivity index (χ3n) is 1.98. The fourth-order valence-corrected chi connectivity index (χ4v) is 1.24. The molecular weight excluding hydrogens is 142 g/mol. The Morgan fingerprint density at radius 2 is 2.45 bits per heavy atom. The van der Waals surface area contributed by atoms with Crippen LogP contribution in [0.15, 0.2) is 0 Å². The predicted molar refractivity (Wildman–Crippen MR) is 42.6 cm³/mol. The highest BCUT2D eigenvalue weighted by atomic mass is 16.5. The minimum absolute atomic E-state index is 0.270. The van der Waals surface area contributed by atoms with Gasteiger partial charge in [-0.3, -0.25) is 0 Å². The molecule has 0 aromatic heterocycles. The molecule has 3 nitrogen and oxygen atoms in total. The van der Waals surface area contributed by atoms with Crippen LogP contribution in [-0.2, 0) is 4.74 Å². The molecule has 0 radical (unpaired) electrons. The van der Waals surface area contributed by atoms with E-state index in [-0.39, 0.29) is 6.10 Å². The Bertz CT molecular complexity index is 108. The zero-order valence-electron chi connectivity index (χ0n) is 7.12. The average Bonchev–Trinajstić information content (AvgIpc) is 2.37. The Labute approximate surface area is 67.9 Å². The topological polar surface area (TPSA) is 32.7 Å². The van der Waals surface area contributed by atoms with E-state index in [1.807, 2.05) is 0 Å². The fourth-order valence-electron chi connectivity index (χ4n) is 1.24. The van der Waals surface area contributed by atoms with Crippen LogP contribution in [0.1, 0.15) is 26.2 Å². The van der Waals surface area contributed by atoms with Gasteiger partial charge in [0, 0.05) is 13.2 Å². The summed E-state index contributed by atoms with van der Waals surface area (Å²) in [5.41, 5.74) is 0. The lowest BCUT2D eigenvalue weighted by Crippen LogP contribution is -2.19. The Balaban J connectivity index is 1.99. The molecule has 0 aliphatic carbocycles. The first-order valence-electron chi connectivity index (χ1n) is 4.38. The molecule has 0 aromatic carbocycles. The van der Waals surface area contributed by atoms with E-state index in [4.69, 9.17) is 9.94 Å². The van der Waals surface area contributed by atoms with Crippen molar-refractivity contribution >= 4 is 0 Å². The van der Waals surface area contributed by atoms with Crippen LogP contribution in [-0.4, -0.2) is 36.1 Å². The molecule has 3 heteroatoms. The molecule has 0 unspecified atom stereocenters. The molecule has 66 valence electrons. The van der Waals surface area contributed by atoms with Gasteiger partial charge in [-0.1, -0.05) is 13.3 Å². The highest BCUT2D eigenvalue weighted by molar-refractivity contribution is 4.69. The van der Waals surface area contributed by atoms with Crippen LogP contribution in [0, 0.1) is 0 Å². The van der Waals surface area contributed by atoms with Gasteiger partial charge in [0.15, 0.2) is 0 Å². The monoisotopic (exact) mass is 159 g/mol. The first kappa shape index (κ1) is 8.97. The molecule has 1 fully saturated rings. The maximum Gasteiger partial charge on any atom is 0.0738 e.